The molecule has 0 aliphatic rings. The van der Waals surface area contributed by atoms with Crippen molar-refractivity contribution in [1.82, 2.24) is 14.5 Å². The summed E-state index contributed by atoms with van der Waals surface area (Å²) in [6.07, 6.45) is 0.861. The van der Waals surface area contributed by atoms with Crippen LogP contribution in [0.2, 0.25) is 0 Å². The largest absolute Gasteiger partial charge is 0.352 e. The van der Waals surface area contributed by atoms with Crippen LogP contribution < -0.4 is 5.32 Å². The van der Waals surface area contributed by atoms with Crippen molar-refractivity contribution in [2.45, 2.75) is 57.1 Å². The van der Waals surface area contributed by atoms with Crippen molar-refractivity contribution in [1.29, 1.82) is 0 Å². The number of halogens is 1. The minimum absolute atomic E-state index is 0.0550. The number of benzene rings is 3. The third kappa shape index (κ3) is 7.97. The summed E-state index contributed by atoms with van der Waals surface area (Å²) in [4.78, 5) is 28.7. The van der Waals surface area contributed by atoms with E-state index in [1.165, 1.54) is 30.1 Å². The highest BCUT2D eigenvalue weighted by molar-refractivity contribution is 7.89. The number of carbonyl (C=O) groups is 2. The van der Waals surface area contributed by atoms with Gasteiger partial charge in [0.1, 0.15) is 11.9 Å². The Morgan fingerprint density at radius 3 is 2.18 bits per heavy atom. The Hall–Kier alpha value is -3.56. The molecule has 0 bridgehead atoms. The van der Waals surface area contributed by atoms with E-state index in [9.17, 15) is 22.4 Å². The average Bonchev–Trinajstić information content (AvgIpc) is 2.92. The summed E-state index contributed by atoms with van der Waals surface area (Å²) in [7, 11) is -2.66. The highest BCUT2D eigenvalue weighted by Crippen LogP contribution is 2.19. The number of rotatable bonds is 12. The Bertz CT molecular complexity index is 1360. The highest BCUT2D eigenvalue weighted by atomic mass is 32.2. The Kier molecular flexibility index (Phi) is 10.4. The maximum absolute atomic E-state index is 14.7. The van der Waals surface area contributed by atoms with Crippen molar-refractivity contribution >= 4 is 21.8 Å². The number of carbonyl (C=O) groups excluding carboxylic acids is 2. The minimum atomic E-state index is -3.98. The van der Waals surface area contributed by atoms with E-state index in [4.69, 9.17) is 0 Å². The molecular weight excluding hydrogens is 517 g/mol. The maximum Gasteiger partial charge on any atom is 0.243 e. The lowest BCUT2D eigenvalue weighted by atomic mass is 10.0. The van der Waals surface area contributed by atoms with Gasteiger partial charge in [-0.2, -0.15) is 4.31 Å². The van der Waals surface area contributed by atoms with E-state index < -0.39 is 34.3 Å². The fourth-order valence-corrected chi connectivity index (χ4v) is 5.18. The first-order valence-electron chi connectivity index (χ1n) is 12.9. The molecule has 0 spiro atoms. The van der Waals surface area contributed by atoms with E-state index in [1.807, 2.05) is 51.1 Å². The van der Waals surface area contributed by atoms with Crippen LogP contribution in [0.3, 0.4) is 0 Å². The predicted octanol–water partition coefficient (Wildman–Crippen LogP) is 4.31. The summed E-state index contributed by atoms with van der Waals surface area (Å²) >= 11 is 0. The van der Waals surface area contributed by atoms with Crippen LogP contribution in [0.5, 0.6) is 0 Å². The highest BCUT2D eigenvalue weighted by Gasteiger charge is 2.33. The minimum Gasteiger partial charge on any atom is -0.352 e. The van der Waals surface area contributed by atoms with Gasteiger partial charge in [0.15, 0.2) is 0 Å². The van der Waals surface area contributed by atoms with E-state index in [0.717, 1.165) is 15.4 Å². The number of amides is 2. The molecule has 9 heteroatoms. The Morgan fingerprint density at radius 1 is 0.949 bits per heavy atom. The fourth-order valence-electron chi connectivity index (χ4n) is 4.06. The molecule has 3 rings (SSSR count). The molecule has 0 heterocycles. The topological polar surface area (TPSA) is 86.8 Å². The molecule has 39 heavy (non-hydrogen) atoms. The van der Waals surface area contributed by atoms with E-state index in [0.29, 0.717) is 6.42 Å². The quantitative estimate of drug-likeness (QED) is 0.362. The van der Waals surface area contributed by atoms with Gasteiger partial charge in [0.2, 0.25) is 21.8 Å². The van der Waals surface area contributed by atoms with E-state index in [2.05, 4.69) is 5.32 Å². The van der Waals surface area contributed by atoms with E-state index in [1.54, 1.807) is 30.3 Å². The van der Waals surface area contributed by atoms with Gasteiger partial charge in [-0.15, -0.1) is 0 Å². The van der Waals surface area contributed by atoms with Gasteiger partial charge in [-0.05, 0) is 44.0 Å². The zero-order valence-corrected chi connectivity index (χ0v) is 23.6. The Balaban J connectivity index is 1.99. The summed E-state index contributed by atoms with van der Waals surface area (Å²) in [6.45, 7) is 4.93. The molecule has 0 radical (unpaired) electrons. The third-order valence-electron chi connectivity index (χ3n) is 6.66. The second-order valence-corrected chi connectivity index (χ2v) is 11.8. The fraction of sp³-hybridized carbons (Fsp3) is 0.333. The molecule has 0 aliphatic carbocycles. The first kappa shape index (κ1) is 30.0. The molecule has 1 N–H and O–H groups in total. The molecule has 0 fully saturated rings. The predicted molar refractivity (Wildman–Crippen MR) is 150 cm³/mol. The van der Waals surface area contributed by atoms with Crippen LogP contribution >= 0.6 is 0 Å². The molecule has 208 valence electrons. The van der Waals surface area contributed by atoms with Gasteiger partial charge in [-0.25, -0.2) is 12.8 Å². The number of aryl methyl sites for hydroxylation is 1. The van der Waals surface area contributed by atoms with Crippen molar-refractivity contribution in [2.24, 2.45) is 0 Å². The number of nitrogens with zero attached hydrogens (tertiary/aromatic N) is 2. The summed E-state index contributed by atoms with van der Waals surface area (Å²) in [5, 5.41) is 2.94. The first-order chi connectivity index (χ1) is 18.5. The van der Waals surface area contributed by atoms with Crippen LogP contribution in [-0.2, 0) is 32.6 Å². The third-order valence-corrected chi connectivity index (χ3v) is 8.48. The maximum atomic E-state index is 14.7. The molecule has 0 aliphatic heterocycles. The van der Waals surface area contributed by atoms with Crippen molar-refractivity contribution in [3.8, 4) is 0 Å². The normalized spacial score (nSPS) is 13.1. The molecule has 3 aromatic carbocycles. The lowest BCUT2D eigenvalue weighted by molar-refractivity contribution is -0.141. The van der Waals surface area contributed by atoms with Crippen molar-refractivity contribution in [3.63, 3.8) is 0 Å². The molecule has 2 atom stereocenters. The Labute approximate surface area is 230 Å². The van der Waals surface area contributed by atoms with Gasteiger partial charge in [0.25, 0.3) is 0 Å². The molecule has 7 nitrogen and oxygen atoms in total. The summed E-state index contributed by atoms with van der Waals surface area (Å²) in [6, 6.07) is 20.5. The number of sulfonamides is 1. The van der Waals surface area contributed by atoms with Crippen LogP contribution in [0.1, 0.15) is 37.0 Å². The molecule has 0 saturated carbocycles. The van der Waals surface area contributed by atoms with Crippen molar-refractivity contribution in [3.05, 3.63) is 101 Å². The standard InChI is InChI=1S/C30H36FN3O4S/c1-5-23(3)32-30(36)28(19-24-11-7-6-8-12-24)34(20-25-13-9-10-14-27(25)31)29(35)21-33(4)39(37,38)26-17-15-22(2)16-18-26/h6-18,23,28H,5,19-21H2,1-4H3,(H,32,36)/t23-,28-/m1/s1. The Morgan fingerprint density at radius 2 is 1.56 bits per heavy atom. The number of nitrogens with one attached hydrogen (secondary N) is 1. The molecule has 0 unspecified atom stereocenters. The lowest BCUT2D eigenvalue weighted by Gasteiger charge is -2.33. The second kappa shape index (κ2) is 13.5. The zero-order chi connectivity index (χ0) is 28.6. The monoisotopic (exact) mass is 553 g/mol. The van der Waals surface area contributed by atoms with Crippen LogP contribution in [0.4, 0.5) is 4.39 Å². The van der Waals surface area contributed by atoms with Crippen LogP contribution in [0, 0.1) is 12.7 Å². The van der Waals surface area contributed by atoms with Gasteiger partial charge in [-0.3, -0.25) is 9.59 Å². The van der Waals surface area contributed by atoms with E-state index in [-0.39, 0.29) is 35.4 Å². The second-order valence-electron chi connectivity index (χ2n) is 9.71. The van der Waals surface area contributed by atoms with Crippen LogP contribution in [0.25, 0.3) is 0 Å². The van der Waals surface area contributed by atoms with Gasteiger partial charge >= 0.3 is 0 Å². The van der Waals surface area contributed by atoms with Gasteiger partial charge in [-0.1, -0.05) is 73.2 Å². The lowest BCUT2D eigenvalue weighted by Crippen LogP contribution is -2.54. The number of hydrogen-bond donors (Lipinski definition) is 1. The van der Waals surface area contributed by atoms with Gasteiger partial charge in [0, 0.05) is 31.6 Å². The molecule has 0 saturated heterocycles. The molecule has 2 amide bonds. The zero-order valence-electron chi connectivity index (χ0n) is 22.8. The van der Waals surface area contributed by atoms with Gasteiger partial charge in [0.05, 0.1) is 11.4 Å². The molecule has 0 aromatic heterocycles. The first-order valence-corrected chi connectivity index (χ1v) is 14.4. The summed E-state index contributed by atoms with van der Waals surface area (Å²) in [5.74, 6) is -1.52. The van der Waals surface area contributed by atoms with Crippen molar-refractivity contribution < 1.29 is 22.4 Å². The molecular formula is C30H36FN3O4S. The SMILES string of the molecule is CC[C@@H](C)NC(=O)[C@@H](Cc1ccccc1)N(Cc1ccccc1F)C(=O)CN(C)S(=O)(=O)c1ccc(C)cc1. The van der Waals surface area contributed by atoms with Crippen molar-refractivity contribution in [2.75, 3.05) is 13.6 Å². The summed E-state index contributed by atoms with van der Waals surface area (Å²) < 4.78 is 42.1. The van der Waals surface area contributed by atoms with Crippen LogP contribution in [-0.4, -0.2) is 55.1 Å². The number of hydrogen-bond acceptors (Lipinski definition) is 4. The summed E-state index contributed by atoms with van der Waals surface area (Å²) in [5.41, 5.74) is 1.94. The number of likely N-dealkylation sites (N-methyl/N-ethyl adjacent to an activating group) is 1. The average molecular weight is 554 g/mol. The van der Waals surface area contributed by atoms with Gasteiger partial charge < -0.3 is 10.2 Å². The van der Waals surface area contributed by atoms with Crippen LogP contribution in [0.15, 0.2) is 83.8 Å². The van der Waals surface area contributed by atoms with E-state index >= 15 is 0 Å². The molecule has 3 aromatic rings. The smallest absolute Gasteiger partial charge is 0.243 e.